The number of hydrogen-bond donors (Lipinski definition) is 2. The number of nitrogens with one attached hydrogen (secondary N) is 2. The van der Waals surface area contributed by atoms with Crippen LogP contribution in [-0.4, -0.2) is 56.2 Å². The van der Waals surface area contributed by atoms with Gasteiger partial charge in [-0.3, -0.25) is 4.99 Å². The molecule has 0 fully saturated rings. The molecule has 8 nitrogen and oxygen atoms in total. The molecule has 0 saturated carbocycles. The summed E-state index contributed by atoms with van der Waals surface area (Å²) in [4.78, 5) is 14.4. The number of aliphatic imine (C=N–C) groups is 1. The Balaban J connectivity index is 1.26. The Bertz CT molecular complexity index is 988. The van der Waals surface area contributed by atoms with Crippen molar-refractivity contribution in [2.24, 2.45) is 4.99 Å². The van der Waals surface area contributed by atoms with Crippen LogP contribution in [0.2, 0.25) is 0 Å². The lowest BCUT2D eigenvalue weighted by Crippen LogP contribution is -2.39. The number of guanidine groups is 1. The third-order valence-electron chi connectivity index (χ3n) is 5.72. The van der Waals surface area contributed by atoms with E-state index in [1.54, 1.807) is 0 Å². The van der Waals surface area contributed by atoms with Crippen molar-refractivity contribution in [3.05, 3.63) is 54.0 Å². The van der Waals surface area contributed by atoms with Gasteiger partial charge in [-0.2, -0.15) is 0 Å². The van der Waals surface area contributed by atoms with Crippen molar-refractivity contribution < 1.29 is 0 Å². The highest BCUT2D eigenvalue weighted by atomic mass is 15.3. The quantitative estimate of drug-likeness (QED) is 0.349. The Morgan fingerprint density at radius 1 is 1.19 bits per heavy atom. The SMILES string of the molecule is CN=C(NCCCc1nnc2n1CCCCC2)N(C)Cc1ncc(-c2ccccc2)[nH]1. The highest BCUT2D eigenvalue weighted by Crippen LogP contribution is 2.17. The van der Waals surface area contributed by atoms with Gasteiger partial charge in [-0.15, -0.1) is 10.2 Å². The smallest absolute Gasteiger partial charge is 0.193 e. The van der Waals surface area contributed by atoms with E-state index in [4.69, 9.17) is 0 Å². The van der Waals surface area contributed by atoms with Gasteiger partial charge in [-0.1, -0.05) is 36.8 Å². The van der Waals surface area contributed by atoms with Gasteiger partial charge in [0.15, 0.2) is 5.96 Å². The molecule has 0 saturated heterocycles. The van der Waals surface area contributed by atoms with Crippen LogP contribution >= 0.6 is 0 Å². The second-order valence-electron chi connectivity index (χ2n) is 8.04. The summed E-state index contributed by atoms with van der Waals surface area (Å²) in [6, 6.07) is 10.2. The Hall–Kier alpha value is -3.16. The fourth-order valence-electron chi connectivity index (χ4n) is 4.07. The molecule has 0 unspecified atom stereocenters. The number of aromatic nitrogens is 5. The molecule has 0 amide bonds. The average Bonchev–Trinajstić information content (AvgIpc) is 3.34. The largest absolute Gasteiger partial charge is 0.356 e. The maximum atomic E-state index is 4.53. The van der Waals surface area contributed by atoms with Crippen LogP contribution in [-0.2, 0) is 25.9 Å². The molecule has 2 aromatic heterocycles. The topological polar surface area (TPSA) is 87.0 Å². The molecule has 0 radical (unpaired) electrons. The molecule has 31 heavy (non-hydrogen) atoms. The molecular weight excluding hydrogens is 388 g/mol. The molecule has 3 heterocycles. The van der Waals surface area contributed by atoms with E-state index in [1.807, 2.05) is 38.5 Å². The number of fused-ring (bicyclic) bond motifs is 1. The second kappa shape index (κ2) is 10.2. The van der Waals surface area contributed by atoms with E-state index in [2.05, 4.69) is 52.1 Å². The summed E-state index contributed by atoms with van der Waals surface area (Å²) in [5.41, 5.74) is 2.16. The average molecular weight is 421 g/mol. The molecule has 0 spiro atoms. The molecule has 4 rings (SSSR count). The number of rotatable bonds is 7. The van der Waals surface area contributed by atoms with Gasteiger partial charge in [-0.05, 0) is 24.8 Å². The highest BCUT2D eigenvalue weighted by Gasteiger charge is 2.14. The monoisotopic (exact) mass is 420 g/mol. The maximum absolute atomic E-state index is 4.53. The summed E-state index contributed by atoms with van der Waals surface area (Å²) in [6.07, 6.45) is 8.60. The van der Waals surface area contributed by atoms with Crippen LogP contribution < -0.4 is 5.32 Å². The van der Waals surface area contributed by atoms with Crippen LogP contribution in [0.15, 0.2) is 41.5 Å². The fraction of sp³-hybridized carbons (Fsp3) is 0.478. The van der Waals surface area contributed by atoms with Crippen LogP contribution in [0.1, 0.15) is 43.2 Å². The Morgan fingerprint density at radius 2 is 2.06 bits per heavy atom. The van der Waals surface area contributed by atoms with E-state index in [1.165, 1.54) is 19.3 Å². The van der Waals surface area contributed by atoms with E-state index in [-0.39, 0.29) is 0 Å². The summed E-state index contributed by atoms with van der Waals surface area (Å²) < 4.78 is 2.33. The van der Waals surface area contributed by atoms with Crippen LogP contribution in [0.5, 0.6) is 0 Å². The molecule has 2 N–H and O–H groups in total. The molecule has 3 aromatic rings. The fourth-order valence-corrected chi connectivity index (χ4v) is 4.07. The summed E-state index contributed by atoms with van der Waals surface area (Å²) in [7, 11) is 3.84. The van der Waals surface area contributed by atoms with Crippen molar-refractivity contribution in [3.8, 4) is 11.3 Å². The van der Waals surface area contributed by atoms with Gasteiger partial charge in [0.25, 0.3) is 0 Å². The summed E-state index contributed by atoms with van der Waals surface area (Å²) in [6.45, 7) is 2.56. The van der Waals surface area contributed by atoms with E-state index in [0.29, 0.717) is 6.54 Å². The van der Waals surface area contributed by atoms with Crippen LogP contribution in [0.3, 0.4) is 0 Å². The van der Waals surface area contributed by atoms with E-state index in [0.717, 1.165) is 67.0 Å². The number of nitrogens with zero attached hydrogens (tertiary/aromatic N) is 6. The van der Waals surface area contributed by atoms with Gasteiger partial charge in [-0.25, -0.2) is 4.98 Å². The first kappa shape index (κ1) is 21.1. The van der Waals surface area contributed by atoms with Crippen molar-refractivity contribution >= 4 is 5.96 Å². The zero-order valence-corrected chi connectivity index (χ0v) is 18.5. The van der Waals surface area contributed by atoms with Gasteiger partial charge in [0.1, 0.15) is 17.5 Å². The lowest BCUT2D eigenvalue weighted by Gasteiger charge is -2.21. The molecule has 0 atom stereocenters. The Morgan fingerprint density at radius 3 is 2.90 bits per heavy atom. The zero-order chi connectivity index (χ0) is 21.5. The van der Waals surface area contributed by atoms with Crippen LogP contribution in [0.25, 0.3) is 11.3 Å². The zero-order valence-electron chi connectivity index (χ0n) is 18.5. The first-order valence-electron chi connectivity index (χ1n) is 11.2. The van der Waals surface area contributed by atoms with E-state index >= 15 is 0 Å². The number of aromatic amines is 1. The standard InChI is InChI=1S/C23H32N8/c1-24-23(25-14-9-13-22-29-28-21-12-7-4-8-15-31(21)22)30(2)17-20-26-16-19(27-20)18-10-5-3-6-11-18/h3,5-6,10-11,16H,4,7-9,12-15,17H2,1-2H3,(H,24,25)(H,26,27). The normalized spacial score (nSPS) is 14.2. The second-order valence-corrected chi connectivity index (χ2v) is 8.04. The molecule has 1 aliphatic heterocycles. The number of benzene rings is 1. The maximum Gasteiger partial charge on any atom is 0.193 e. The van der Waals surface area contributed by atoms with Gasteiger partial charge < -0.3 is 19.8 Å². The third kappa shape index (κ3) is 5.31. The minimum Gasteiger partial charge on any atom is -0.356 e. The predicted octanol–water partition coefficient (Wildman–Crippen LogP) is 3.03. The van der Waals surface area contributed by atoms with Gasteiger partial charge in [0, 0.05) is 40.0 Å². The number of H-pyrrole nitrogens is 1. The molecule has 1 aromatic carbocycles. The van der Waals surface area contributed by atoms with E-state index < -0.39 is 0 Å². The van der Waals surface area contributed by atoms with Crippen molar-refractivity contribution in [1.82, 2.24) is 34.9 Å². The van der Waals surface area contributed by atoms with Gasteiger partial charge in [0.05, 0.1) is 18.4 Å². The Labute approximate surface area is 183 Å². The van der Waals surface area contributed by atoms with Gasteiger partial charge in [0.2, 0.25) is 0 Å². The lowest BCUT2D eigenvalue weighted by atomic mass is 10.2. The molecule has 8 heteroatoms. The van der Waals surface area contributed by atoms with Crippen molar-refractivity contribution in [2.45, 2.75) is 51.6 Å². The summed E-state index contributed by atoms with van der Waals surface area (Å²) in [5.74, 6) is 4.04. The first-order chi connectivity index (χ1) is 15.2. The van der Waals surface area contributed by atoms with Crippen LogP contribution in [0.4, 0.5) is 0 Å². The first-order valence-corrected chi connectivity index (χ1v) is 11.2. The highest BCUT2D eigenvalue weighted by molar-refractivity contribution is 5.79. The predicted molar refractivity (Wildman–Crippen MR) is 123 cm³/mol. The van der Waals surface area contributed by atoms with Gasteiger partial charge >= 0.3 is 0 Å². The van der Waals surface area contributed by atoms with Crippen molar-refractivity contribution in [2.75, 3.05) is 20.6 Å². The van der Waals surface area contributed by atoms with Crippen LogP contribution in [0, 0.1) is 0 Å². The molecule has 0 aliphatic carbocycles. The lowest BCUT2D eigenvalue weighted by molar-refractivity contribution is 0.462. The third-order valence-corrected chi connectivity index (χ3v) is 5.72. The molecular formula is C23H32N8. The summed E-state index contributed by atoms with van der Waals surface area (Å²) >= 11 is 0. The molecule has 0 bridgehead atoms. The minimum absolute atomic E-state index is 0.657. The summed E-state index contributed by atoms with van der Waals surface area (Å²) in [5, 5.41) is 12.3. The number of imidazole rings is 1. The molecule has 1 aliphatic rings. The van der Waals surface area contributed by atoms with E-state index in [9.17, 15) is 0 Å². The van der Waals surface area contributed by atoms with Crippen molar-refractivity contribution in [1.29, 1.82) is 0 Å². The minimum atomic E-state index is 0.657. The number of hydrogen-bond acceptors (Lipinski definition) is 4. The molecule has 164 valence electrons. The Kier molecular flexibility index (Phi) is 6.96. The van der Waals surface area contributed by atoms with Crippen molar-refractivity contribution in [3.63, 3.8) is 0 Å². The number of aryl methyl sites for hydroxylation is 2.